The van der Waals surface area contributed by atoms with Crippen molar-refractivity contribution in [2.75, 3.05) is 33.2 Å². The minimum Gasteiger partial charge on any atom is -0.354 e. The number of piperidine rings is 1. The van der Waals surface area contributed by atoms with Gasteiger partial charge in [-0.05, 0) is 51.0 Å². The quantitative estimate of drug-likeness (QED) is 0.716. The largest absolute Gasteiger partial charge is 0.354 e. The molecular weight excluding hydrogens is 352 g/mol. The smallest absolute Gasteiger partial charge is 0.281 e. The second-order valence-electron chi connectivity index (χ2n) is 8.08. The second-order valence-corrected chi connectivity index (χ2v) is 10.1. The van der Waals surface area contributed by atoms with E-state index in [1.54, 1.807) is 15.7 Å². The highest BCUT2D eigenvalue weighted by Gasteiger charge is 2.35. The molecule has 1 saturated carbocycles. The molecule has 0 bridgehead atoms. The summed E-state index contributed by atoms with van der Waals surface area (Å²) in [5.74, 6) is 0.255. The van der Waals surface area contributed by atoms with E-state index in [0.717, 1.165) is 57.9 Å². The highest BCUT2D eigenvalue weighted by atomic mass is 32.2. The number of amides is 1. The minimum absolute atomic E-state index is 0.0572. The Bertz CT molecular complexity index is 571. The van der Waals surface area contributed by atoms with Gasteiger partial charge in [-0.1, -0.05) is 19.3 Å². The van der Waals surface area contributed by atoms with Gasteiger partial charge in [-0.15, -0.1) is 0 Å². The fourth-order valence-electron chi connectivity index (χ4n) is 4.49. The van der Waals surface area contributed by atoms with Gasteiger partial charge >= 0.3 is 0 Å². The molecule has 2 saturated heterocycles. The average molecular weight is 387 g/mol. The first-order valence-corrected chi connectivity index (χ1v) is 11.6. The second kappa shape index (κ2) is 8.99. The van der Waals surface area contributed by atoms with Crippen LogP contribution in [0, 0.1) is 5.92 Å². The molecule has 3 aliphatic rings. The van der Waals surface area contributed by atoms with E-state index in [-0.39, 0.29) is 23.9 Å². The molecule has 2 heterocycles. The van der Waals surface area contributed by atoms with Gasteiger partial charge in [0.15, 0.2) is 0 Å². The van der Waals surface area contributed by atoms with Crippen LogP contribution in [0.2, 0.25) is 0 Å². The number of carbonyl (C=O) groups is 1. The van der Waals surface area contributed by atoms with Gasteiger partial charge in [0.05, 0.1) is 6.04 Å². The summed E-state index contributed by atoms with van der Waals surface area (Å²) in [4.78, 5) is 12.2. The van der Waals surface area contributed by atoms with Gasteiger partial charge in [0, 0.05) is 32.7 Å². The summed E-state index contributed by atoms with van der Waals surface area (Å²) in [7, 11) is -1.67. The Kier molecular flexibility index (Phi) is 6.93. The Hall–Kier alpha value is -0.700. The molecule has 2 unspecified atom stereocenters. The van der Waals surface area contributed by atoms with Gasteiger partial charge in [-0.2, -0.15) is 17.0 Å². The van der Waals surface area contributed by atoms with Gasteiger partial charge in [-0.3, -0.25) is 4.79 Å². The lowest BCUT2D eigenvalue weighted by atomic mass is 9.96. The Labute approximate surface area is 158 Å². The maximum Gasteiger partial charge on any atom is 0.281 e. The number of nitrogens with one attached hydrogen (secondary N) is 2. The molecule has 2 N–H and O–H groups in total. The Morgan fingerprint density at radius 2 is 1.88 bits per heavy atom. The molecule has 0 aromatic carbocycles. The topological polar surface area (TPSA) is 81.8 Å². The summed E-state index contributed by atoms with van der Waals surface area (Å²) < 4.78 is 29.3. The van der Waals surface area contributed by atoms with Gasteiger partial charge in [-0.25, -0.2) is 0 Å². The van der Waals surface area contributed by atoms with Crippen LogP contribution in [-0.4, -0.2) is 68.2 Å². The van der Waals surface area contributed by atoms with E-state index in [4.69, 9.17) is 0 Å². The molecule has 0 aromatic rings. The SMILES string of the molecule is CN(C1CCCCC1)S(=O)(=O)N1CCCC(CNC(=O)C2CCCN2)C1. The standard InChI is InChI=1S/C18H34N4O3S/c1-21(16-8-3-2-4-9-16)26(24,25)22-12-6-7-15(14-22)13-20-18(23)17-10-5-11-19-17/h15-17,19H,2-14H2,1H3,(H,20,23). The highest BCUT2D eigenvalue weighted by Crippen LogP contribution is 2.27. The first-order valence-electron chi connectivity index (χ1n) is 10.2. The normalized spacial score (nSPS) is 29.2. The van der Waals surface area contributed by atoms with Crippen molar-refractivity contribution in [2.24, 2.45) is 5.92 Å². The molecular formula is C18H34N4O3S. The van der Waals surface area contributed by atoms with Gasteiger partial charge in [0.25, 0.3) is 10.2 Å². The molecule has 26 heavy (non-hydrogen) atoms. The molecule has 8 heteroatoms. The lowest BCUT2D eigenvalue weighted by molar-refractivity contribution is -0.123. The Balaban J connectivity index is 1.52. The third-order valence-electron chi connectivity index (χ3n) is 6.20. The van der Waals surface area contributed by atoms with Crippen molar-refractivity contribution in [3.05, 3.63) is 0 Å². The number of nitrogens with zero attached hydrogens (tertiary/aromatic N) is 2. The predicted molar refractivity (Wildman–Crippen MR) is 102 cm³/mol. The van der Waals surface area contributed by atoms with Gasteiger partial charge in [0.2, 0.25) is 5.91 Å². The van der Waals surface area contributed by atoms with Crippen LogP contribution in [0.1, 0.15) is 57.8 Å². The zero-order valence-electron chi connectivity index (χ0n) is 16.0. The van der Waals surface area contributed by atoms with Crippen molar-refractivity contribution >= 4 is 16.1 Å². The molecule has 2 aliphatic heterocycles. The molecule has 1 amide bonds. The van der Waals surface area contributed by atoms with Gasteiger partial charge < -0.3 is 10.6 Å². The fourth-order valence-corrected chi connectivity index (χ4v) is 6.21. The van der Waals surface area contributed by atoms with Crippen molar-refractivity contribution in [2.45, 2.75) is 69.9 Å². The third kappa shape index (κ3) is 4.77. The summed E-state index contributed by atoms with van der Waals surface area (Å²) in [5.41, 5.74) is 0. The van der Waals surface area contributed by atoms with E-state index in [0.29, 0.717) is 19.6 Å². The van der Waals surface area contributed by atoms with E-state index < -0.39 is 10.2 Å². The van der Waals surface area contributed by atoms with Crippen LogP contribution in [0.25, 0.3) is 0 Å². The molecule has 7 nitrogen and oxygen atoms in total. The van der Waals surface area contributed by atoms with Crippen LogP contribution < -0.4 is 10.6 Å². The number of hydrogen-bond acceptors (Lipinski definition) is 4. The van der Waals surface area contributed by atoms with Crippen molar-refractivity contribution in [1.29, 1.82) is 0 Å². The number of carbonyl (C=O) groups excluding carboxylic acids is 1. The van der Waals surface area contributed by atoms with Crippen molar-refractivity contribution < 1.29 is 13.2 Å². The Morgan fingerprint density at radius 1 is 1.12 bits per heavy atom. The van der Waals surface area contributed by atoms with Crippen LogP contribution in [-0.2, 0) is 15.0 Å². The lowest BCUT2D eigenvalue weighted by Crippen LogP contribution is -2.52. The monoisotopic (exact) mass is 386 g/mol. The molecule has 3 rings (SSSR count). The Morgan fingerprint density at radius 3 is 2.58 bits per heavy atom. The van der Waals surface area contributed by atoms with E-state index in [9.17, 15) is 13.2 Å². The van der Waals surface area contributed by atoms with Crippen LogP contribution in [0.3, 0.4) is 0 Å². The van der Waals surface area contributed by atoms with Crippen LogP contribution >= 0.6 is 0 Å². The summed E-state index contributed by atoms with van der Waals surface area (Å²) in [6, 6.07) is 0.0677. The molecule has 3 fully saturated rings. The van der Waals surface area contributed by atoms with Crippen molar-refractivity contribution in [3.63, 3.8) is 0 Å². The average Bonchev–Trinajstić information content (AvgIpc) is 3.21. The summed E-state index contributed by atoms with van der Waals surface area (Å²) in [5, 5.41) is 6.23. The van der Waals surface area contributed by atoms with E-state index in [2.05, 4.69) is 10.6 Å². The summed E-state index contributed by atoms with van der Waals surface area (Å²) in [6.07, 6.45) is 9.16. The predicted octanol–water partition coefficient (Wildman–Crippen LogP) is 1.08. The lowest BCUT2D eigenvalue weighted by Gasteiger charge is -2.38. The highest BCUT2D eigenvalue weighted by molar-refractivity contribution is 7.86. The van der Waals surface area contributed by atoms with Gasteiger partial charge in [0.1, 0.15) is 0 Å². The number of hydrogen-bond donors (Lipinski definition) is 2. The molecule has 0 spiro atoms. The van der Waals surface area contributed by atoms with E-state index >= 15 is 0 Å². The zero-order valence-corrected chi connectivity index (χ0v) is 16.8. The van der Waals surface area contributed by atoms with E-state index in [1.807, 2.05) is 0 Å². The summed E-state index contributed by atoms with van der Waals surface area (Å²) >= 11 is 0. The maximum absolute atomic E-state index is 13.0. The molecule has 0 aromatic heterocycles. The first-order chi connectivity index (χ1) is 12.5. The van der Waals surface area contributed by atoms with Crippen LogP contribution in [0.4, 0.5) is 0 Å². The maximum atomic E-state index is 13.0. The van der Waals surface area contributed by atoms with Crippen molar-refractivity contribution in [3.8, 4) is 0 Å². The van der Waals surface area contributed by atoms with Crippen LogP contribution in [0.15, 0.2) is 0 Å². The summed E-state index contributed by atoms with van der Waals surface area (Å²) in [6.45, 7) is 2.57. The molecule has 1 aliphatic carbocycles. The fraction of sp³-hybridized carbons (Fsp3) is 0.944. The molecule has 150 valence electrons. The van der Waals surface area contributed by atoms with Crippen LogP contribution in [0.5, 0.6) is 0 Å². The molecule has 0 radical (unpaired) electrons. The first kappa shape index (κ1) is 20.0. The van der Waals surface area contributed by atoms with E-state index in [1.165, 1.54) is 6.42 Å². The number of rotatable bonds is 6. The minimum atomic E-state index is -3.41. The van der Waals surface area contributed by atoms with Crippen molar-refractivity contribution in [1.82, 2.24) is 19.2 Å². The molecule has 2 atom stereocenters. The third-order valence-corrected chi connectivity index (χ3v) is 8.21. The zero-order chi connectivity index (χ0) is 18.6.